The molecule has 0 aliphatic rings. The van der Waals surface area contributed by atoms with Gasteiger partial charge in [-0.15, -0.1) is 0 Å². The van der Waals surface area contributed by atoms with Crippen LogP contribution >= 0.6 is 15.9 Å². The van der Waals surface area contributed by atoms with E-state index in [-0.39, 0.29) is 12.1 Å². The van der Waals surface area contributed by atoms with Crippen LogP contribution in [0.4, 0.5) is 0 Å². The van der Waals surface area contributed by atoms with E-state index in [0.29, 0.717) is 0 Å². The van der Waals surface area contributed by atoms with E-state index in [0.717, 1.165) is 29.5 Å². The summed E-state index contributed by atoms with van der Waals surface area (Å²) in [5.74, 6) is 0.957. The van der Waals surface area contributed by atoms with Crippen molar-refractivity contribution in [1.82, 2.24) is 0 Å². The molecule has 0 aliphatic heterocycles. The van der Waals surface area contributed by atoms with Crippen LogP contribution in [0.25, 0.3) is 0 Å². The minimum atomic E-state index is 0.147. The normalized spacial score (nSPS) is 12.8. The standard InChI is InChI=1S/C14H22BrNO/c1-4-12(5-2)17-14-11(9-10(3)16)7-6-8-13(14)15/h6-8,10,12H,4-5,9,16H2,1-3H3. The van der Waals surface area contributed by atoms with Gasteiger partial charge in [0.2, 0.25) is 0 Å². The summed E-state index contributed by atoms with van der Waals surface area (Å²) in [6.45, 7) is 6.31. The van der Waals surface area contributed by atoms with E-state index in [1.54, 1.807) is 0 Å². The Labute approximate surface area is 113 Å². The van der Waals surface area contributed by atoms with Gasteiger partial charge in [0, 0.05) is 6.04 Å². The van der Waals surface area contributed by atoms with Gasteiger partial charge in [-0.05, 0) is 53.7 Å². The Morgan fingerprint density at radius 2 is 1.94 bits per heavy atom. The average Bonchev–Trinajstić information content (AvgIpc) is 2.28. The van der Waals surface area contributed by atoms with Gasteiger partial charge < -0.3 is 10.5 Å². The van der Waals surface area contributed by atoms with E-state index in [1.807, 2.05) is 19.1 Å². The first-order chi connectivity index (χ1) is 8.08. The summed E-state index contributed by atoms with van der Waals surface area (Å²) < 4.78 is 7.09. The largest absolute Gasteiger partial charge is 0.489 e. The number of nitrogens with two attached hydrogens (primary N) is 1. The van der Waals surface area contributed by atoms with Gasteiger partial charge in [0.25, 0.3) is 0 Å². The molecule has 2 N–H and O–H groups in total. The van der Waals surface area contributed by atoms with Crippen LogP contribution < -0.4 is 10.5 Å². The third-order valence-corrected chi connectivity index (χ3v) is 3.41. The Hall–Kier alpha value is -0.540. The van der Waals surface area contributed by atoms with E-state index >= 15 is 0 Å². The number of halogens is 1. The summed E-state index contributed by atoms with van der Waals surface area (Å²) in [7, 11) is 0. The molecule has 0 aliphatic carbocycles. The highest BCUT2D eigenvalue weighted by Gasteiger charge is 2.13. The maximum absolute atomic E-state index is 6.07. The Morgan fingerprint density at radius 1 is 1.29 bits per heavy atom. The van der Waals surface area contributed by atoms with Gasteiger partial charge >= 0.3 is 0 Å². The van der Waals surface area contributed by atoms with Crippen molar-refractivity contribution in [3.63, 3.8) is 0 Å². The lowest BCUT2D eigenvalue weighted by molar-refractivity contribution is 0.189. The topological polar surface area (TPSA) is 35.2 Å². The molecule has 0 saturated heterocycles. The fourth-order valence-corrected chi connectivity index (χ4v) is 2.32. The van der Waals surface area contributed by atoms with E-state index in [2.05, 4.69) is 35.8 Å². The molecule has 2 nitrogen and oxygen atoms in total. The predicted octanol–water partition coefficient (Wildman–Crippen LogP) is 3.91. The highest BCUT2D eigenvalue weighted by Crippen LogP contribution is 2.31. The number of benzene rings is 1. The molecule has 1 aromatic rings. The molecule has 0 heterocycles. The maximum atomic E-state index is 6.07. The average molecular weight is 300 g/mol. The lowest BCUT2D eigenvalue weighted by Crippen LogP contribution is -2.20. The Kier molecular flexibility index (Phi) is 6.00. The first-order valence-electron chi connectivity index (χ1n) is 6.28. The molecule has 1 aromatic carbocycles. The first-order valence-corrected chi connectivity index (χ1v) is 7.07. The van der Waals surface area contributed by atoms with Gasteiger partial charge in [0.1, 0.15) is 5.75 Å². The zero-order chi connectivity index (χ0) is 12.8. The Bertz CT molecular complexity index is 348. The van der Waals surface area contributed by atoms with Crippen molar-refractivity contribution < 1.29 is 4.74 Å². The fraction of sp³-hybridized carbons (Fsp3) is 0.571. The summed E-state index contributed by atoms with van der Waals surface area (Å²) in [5.41, 5.74) is 7.05. The summed E-state index contributed by atoms with van der Waals surface area (Å²) >= 11 is 3.56. The molecule has 0 radical (unpaired) electrons. The van der Waals surface area contributed by atoms with Crippen molar-refractivity contribution in [2.45, 2.75) is 52.2 Å². The molecule has 0 fully saturated rings. The van der Waals surface area contributed by atoms with Crippen molar-refractivity contribution >= 4 is 15.9 Å². The third kappa shape index (κ3) is 4.32. The summed E-state index contributed by atoms with van der Waals surface area (Å²) in [6, 6.07) is 6.28. The van der Waals surface area contributed by atoms with Gasteiger partial charge in [0.15, 0.2) is 0 Å². The molecular weight excluding hydrogens is 278 g/mol. The maximum Gasteiger partial charge on any atom is 0.137 e. The Balaban J connectivity index is 2.94. The van der Waals surface area contributed by atoms with Crippen LogP contribution in [-0.2, 0) is 6.42 Å². The van der Waals surface area contributed by atoms with E-state index in [1.165, 1.54) is 5.56 Å². The molecule has 17 heavy (non-hydrogen) atoms. The van der Waals surface area contributed by atoms with E-state index in [4.69, 9.17) is 10.5 Å². The minimum absolute atomic E-state index is 0.147. The van der Waals surface area contributed by atoms with Crippen LogP contribution in [-0.4, -0.2) is 12.1 Å². The monoisotopic (exact) mass is 299 g/mol. The molecule has 96 valence electrons. The Morgan fingerprint density at radius 3 is 2.47 bits per heavy atom. The molecule has 0 saturated carbocycles. The first kappa shape index (κ1) is 14.5. The third-order valence-electron chi connectivity index (χ3n) is 2.79. The SMILES string of the molecule is CCC(CC)Oc1c(Br)cccc1CC(C)N. The smallest absolute Gasteiger partial charge is 0.137 e. The van der Waals surface area contributed by atoms with Crippen LogP contribution in [0.1, 0.15) is 39.2 Å². The van der Waals surface area contributed by atoms with Gasteiger partial charge in [-0.1, -0.05) is 26.0 Å². The van der Waals surface area contributed by atoms with Crippen molar-refractivity contribution in [2.24, 2.45) is 5.73 Å². The van der Waals surface area contributed by atoms with Gasteiger partial charge in [-0.3, -0.25) is 0 Å². The molecular formula is C14H22BrNO. The van der Waals surface area contributed by atoms with Gasteiger partial charge in [0.05, 0.1) is 10.6 Å². The van der Waals surface area contributed by atoms with Crippen LogP contribution in [0.3, 0.4) is 0 Å². The molecule has 1 atom stereocenters. The molecule has 3 heteroatoms. The zero-order valence-corrected chi connectivity index (χ0v) is 12.5. The van der Waals surface area contributed by atoms with Crippen LogP contribution in [0, 0.1) is 0 Å². The number of hydrogen-bond donors (Lipinski definition) is 1. The van der Waals surface area contributed by atoms with E-state index < -0.39 is 0 Å². The summed E-state index contributed by atoms with van der Waals surface area (Å²) in [5, 5.41) is 0. The van der Waals surface area contributed by atoms with Crippen molar-refractivity contribution in [2.75, 3.05) is 0 Å². The highest BCUT2D eigenvalue weighted by atomic mass is 79.9. The van der Waals surface area contributed by atoms with Crippen LogP contribution in [0.2, 0.25) is 0 Å². The molecule has 1 rings (SSSR count). The van der Waals surface area contributed by atoms with Crippen molar-refractivity contribution in [3.05, 3.63) is 28.2 Å². The van der Waals surface area contributed by atoms with Crippen molar-refractivity contribution in [1.29, 1.82) is 0 Å². The predicted molar refractivity (Wildman–Crippen MR) is 76.5 cm³/mol. The molecule has 0 aromatic heterocycles. The summed E-state index contributed by atoms with van der Waals surface area (Å²) in [4.78, 5) is 0. The molecule has 0 bridgehead atoms. The number of hydrogen-bond acceptors (Lipinski definition) is 2. The lowest BCUT2D eigenvalue weighted by atomic mass is 10.1. The van der Waals surface area contributed by atoms with Gasteiger partial charge in [-0.2, -0.15) is 0 Å². The second-order valence-corrected chi connectivity index (χ2v) is 5.32. The lowest BCUT2D eigenvalue weighted by Gasteiger charge is -2.20. The van der Waals surface area contributed by atoms with Crippen molar-refractivity contribution in [3.8, 4) is 5.75 Å². The summed E-state index contributed by atoms with van der Waals surface area (Å²) in [6.07, 6.45) is 3.17. The molecule has 1 unspecified atom stereocenters. The van der Waals surface area contributed by atoms with Gasteiger partial charge in [-0.25, -0.2) is 0 Å². The second kappa shape index (κ2) is 7.02. The quantitative estimate of drug-likeness (QED) is 0.864. The zero-order valence-electron chi connectivity index (χ0n) is 10.9. The minimum Gasteiger partial charge on any atom is -0.489 e. The second-order valence-electron chi connectivity index (χ2n) is 4.47. The fourth-order valence-electron chi connectivity index (χ4n) is 1.82. The van der Waals surface area contributed by atoms with Crippen LogP contribution in [0.5, 0.6) is 5.75 Å². The number of para-hydroxylation sites is 1. The van der Waals surface area contributed by atoms with Crippen LogP contribution in [0.15, 0.2) is 22.7 Å². The number of rotatable bonds is 6. The highest BCUT2D eigenvalue weighted by molar-refractivity contribution is 9.10. The van der Waals surface area contributed by atoms with E-state index in [9.17, 15) is 0 Å². The molecule has 0 spiro atoms. The molecule has 0 amide bonds. The number of ether oxygens (including phenoxy) is 1.